The molecule has 8 nitrogen and oxygen atoms in total. The van der Waals surface area contributed by atoms with Crippen LogP contribution in [0.1, 0.15) is 31.9 Å². The average molecular weight is 564 g/mol. The van der Waals surface area contributed by atoms with Crippen molar-refractivity contribution in [2.24, 2.45) is 4.99 Å². The van der Waals surface area contributed by atoms with E-state index in [4.69, 9.17) is 16.3 Å². The summed E-state index contributed by atoms with van der Waals surface area (Å²) in [5, 5.41) is 3.42. The summed E-state index contributed by atoms with van der Waals surface area (Å²) in [6.07, 6.45) is -0.483. The Morgan fingerprint density at radius 1 is 1.14 bits per heavy atom. The van der Waals surface area contributed by atoms with Crippen molar-refractivity contribution in [3.63, 3.8) is 0 Å². The molecule has 2 aromatic carbocycles. The topological polar surface area (TPSA) is 105 Å². The van der Waals surface area contributed by atoms with E-state index < -0.39 is 33.5 Å². The van der Waals surface area contributed by atoms with Gasteiger partial charge >= 0.3 is 6.09 Å². The lowest BCUT2D eigenvalue weighted by Crippen LogP contribution is -2.45. The number of hydrogen-bond donors (Lipinski definition) is 1. The largest absolute Gasteiger partial charge is 0.444 e. The fraction of sp³-hybridized carbons (Fsp3) is 0.423. The molecule has 2 fully saturated rings. The number of thioether (sulfide) groups is 1. The first-order chi connectivity index (χ1) is 17.4. The van der Waals surface area contributed by atoms with E-state index in [-0.39, 0.29) is 29.2 Å². The highest BCUT2D eigenvalue weighted by molar-refractivity contribution is 8.15. The number of carbonyl (C=O) groups is 2. The van der Waals surface area contributed by atoms with Crippen molar-refractivity contribution in [2.45, 2.75) is 56.7 Å². The summed E-state index contributed by atoms with van der Waals surface area (Å²) < 4.78 is 30.1. The van der Waals surface area contributed by atoms with Crippen molar-refractivity contribution < 1.29 is 22.7 Å². The van der Waals surface area contributed by atoms with Crippen molar-refractivity contribution in [3.05, 3.63) is 70.7 Å². The molecule has 2 heterocycles. The molecular weight excluding hydrogens is 534 g/mol. The Hall–Kier alpha value is -2.56. The van der Waals surface area contributed by atoms with Gasteiger partial charge in [0.05, 0.1) is 17.5 Å². The predicted octanol–water partition coefficient (Wildman–Crippen LogP) is 4.07. The summed E-state index contributed by atoms with van der Waals surface area (Å²) in [4.78, 5) is 32.3. The zero-order valence-electron chi connectivity index (χ0n) is 20.9. The zero-order chi connectivity index (χ0) is 26.8. The van der Waals surface area contributed by atoms with Crippen molar-refractivity contribution in [3.8, 4) is 0 Å². The molecule has 2 aliphatic heterocycles. The number of alkyl carbamates (subject to hydrolysis) is 1. The minimum atomic E-state index is -3.19. The van der Waals surface area contributed by atoms with Gasteiger partial charge in [0.25, 0.3) is 5.91 Å². The number of amides is 2. The molecule has 11 heteroatoms. The molecule has 1 N–H and O–H groups in total. The van der Waals surface area contributed by atoms with Crippen molar-refractivity contribution in [1.82, 2.24) is 10.2 Å². The fourth-order valence-electron chi connectivity index (χ4n) is 4.30. The predicted molar refractivity (Wildman–Crippen MR) is 147 cm³/mol. The fourth-order valence-corrected chi connectivity index (χ4v) is 8.45. The van der Waals surface area contributed by atoms with Gasteiger partial charge in [-0.1, -0.05) is 71.9 Å². The molecular formula is C26H30ClN3O5S2. The number of hydrogen-bond acceptors (Lipinski definition) is 6. The SMILES string of the molecule is CC(C)(C)OC(=O)N[C@H](Cc1ccccc1)C(=O)N=C1S[C@@H]2CS(=O)(=O)C[C@H]2N1Cc1ccccc1Cl. The summed E-state index contributed by atoms with van der Waals surface area (Å²) in [6, 6.07) is 15.4. The number of ether oxygens (including phenoxy) is 1. The van der Waals surface area contributed by atoms with Crippen LogP contribution in [0.5, 0.6) is 0 Å². The third-order valence-electron chi connectivity index (χ3n) is 5.95. The third-order valence-corrected chi connectivity index (χ3v) is 9.57. The van der Waals surface area contributed by atoms with E-state index in [1.54, 1.807) is 26.8 Å². The van der Waals surface area contributed by atoms with Gasteiger partial charge in [0, 0.05) is 23.2 Å². The Morgan fingerprint density at radius 2 is 1.81 bits per heavy atom. The Labute approximate surface area is 226 Å². The number of nitrogens with zero attached hydrogens (tertiary/aromatic N) is 2. The number of aliphatic imine (C=N–C) groups is 1. The molecule has 2 aliphatic rings. The van der Waals surface area contributed by atoms with Crippen molar-refractivity contribution in [2.75, 3.05) is 11.5 Å². The maximum Gasteiger partial charge on any atom is 0.408 e. The van der Waals surface area contributed by atoms with E-state index in [0.717, 1.165) is 11.1 Å². The standard InChI is InChI=1S/C26H30ClN3O5S2/c1-26(2,3)35-25(32)28-20(13-17-9-5-4-6-10-17)23(31)29-24-30(14-18-11-7-8-12-19(18)27)21-15-37(33,34)16-22(21)36-24/h4-12,20-22H,13-16H2,1-3H3,(H,28,32)/t20-,21-,22-/m1/s1. The van der Waals surface area contributed by atoms with Crippen LogP contribution in [-0.2, 0) is 32.3 Å². The van der Waals surface area contributed by atoms with Gasteiger partial charge in [0.2, 0.25) is 0 Å². The minimum Gasteiger partial charge on any atom is -0.444 e. The molecule has 2 aromatic rings. The van der Waals surface area contributed by atoms with Gasteiger partial charge in [-0.05, 0) is 38.0 Å². The second kappa shape index (κ2) is 11.0. The lowest BCUT2D eigenvalue weighted by molar-refractivity contribution is -0.119. The van der Waals surface area contributed by atoms with Crippen LogP contribution in [0.4, 0.5) is 4.79 Å². The monoisotopic (exact) mass is 563 g/mol. The van der Waals surface area contributed by atoms with Gasteiger partial charge in [-0.2, -0.15) is 4.99 Å². The smallest absolute Gasteiger partial charge is 0.408 e. The van der Waals surface area contributed by atoms with Crippen LogP contribution in [-0.4, -0.2) is 64.9 Å². The first-order valence-corrected chi connectivity index (χ1v) is 15.0. The summed E-state index contributed by atoms with van der Waals surface area (Å²) >= 11 is 7.67. The third kappa shape index (κ3) is 7.27. The number of halogens is 1. The number of fused-ring (bicyclic) bond motifs is 1. The lowest BCUT2D eigenvalue weighted by Gasteiger charge is -2.25. The van der Waals surface area contributed by atoms with E-state index in [2.05, 4.69) is 10.3 Å². The Bertz CT molecular complexity index is 1290. The second-order valence-electron chi connectivity index (χ2n) is 10.1. The maximum absolute atomic E-state index is 13.5. The molecule has 0 bridgehead atoms. The van der Waals surface area contributed by atoms with Crippen LogP contribution >= 0.6 is 23.4 Å². The normalized spacial score (nSPS) is 22.5. The molecule has 198 valence electrons. The lowest BCUT2D eigenvalue weighted by atomic mass is 10.1. The summed E-state index contributed by atoms with van der Waals surface area (Å²) in [7, 11) is -3.19. The second-order valence-corrected chi connectivity index (χ2v) is 13.9. The Balaban J connectivity index is 1.62. The van der Waals surface area contributed by atoms with E-state index >= 15 is 0 Å². The van der Waals surface area contributed by atoms with Crippen molar-refractivity contribution >= 4 is 50.4 Å². The molecule has 37 heavy (non-hydrogen) atoms. The summed E-state index contributed by atoms with van der Waals surface area (Å²) in [5.41, 5.74) is 0.932. The molecule has 0 aliphatic carbocycles. The first-order valence-electron chi connectivity index (χ1n) is 11.9. The summed E-state index contributed by atoms with van der Waals surface area (Å²) in [6.45, 7) is 5.55. The van der Waals surface area contributed by atoms with E-state index in [0.29, 0.717) is 16.7 Å². The number of nitrogens with one attached hydrogen (secondary N) is 1. The number of rotatable bonds is 6. The van der Waals surface area contributed by atoms with Crippen LogP contribution in [0.25, 0.3) is 0 Å². The van der Waals surface area contributed by atoms with E-state index in [1.807, 2.05) is 53.4 Å². The number of benzene rings is 2. The van der Waals surface area contributed by atoms with Crippen LogP contribution in [0.2, 0.25) is 5.02 Å². The highest BCUT2D eigenvalue weighted by Gasteiger charge is 2.49. The molecule has 2 saturated heterocycles. The average Bonchev–Trinajstić information content (AvgIpc) is 3.25. The zero-order valence-corrected chi connectivity index (χ0v) is 23.3. The van der Waals surface area contributed by atoms with Crippen LogP contribution in [0, 0.1) is 0 Å². The maximum atomic E-state index is 13.5. The molecule has 0 saturated carbocycles. The first kappa shape index (κ1) is 27.5. The van der Waals surface area contributed by atoms with Crippen LogP contribution < -0.4 is 5.32 Å². The van der Waals surface area contributed by atoms with Gasteiger partial charge in [0.1, 0.15) is 11.6 Å². The molecule has 2 amide bonds. The summed E-state index contributed by atoms with van der Waals surface area (Å²) in [5.74, 6) is -0.520. The molecule has 0 radical (unpaired) electrons. The van der Waals surface area contributed by atoms with Gasteiger partial charge in [-0.3, -0.25) is 4.79 Å². The highest BCUT2D eigenvalue weighted by atomic mass is 35.5. The van der Waals surface area contributed by atoms with Gasteiger partial charge in [-0.15, -0.1) is 0 Å². The number of sulfone groups is 1. The Kier molecular flexibility index (Phi) is 8.20. The Morgan fingerprint density at radius 3 is 2.49 bits per heavy atom. The number of carbonyl (C=O) groups excluding carboxylic acids is 2. The minimum absolute atomic E-state index is 0.00800. The highest BCUT2D eigenvalue weighted by Crippen LogP contribution is 2.39. The number of amidine groups is 1. The van der Waals surface area contributed by atoms with Crippen molar-refractivity contribution in [1.29, 1.82) is 0 Å². The van der Waals surface area contributed by atoms with Gasteiger partial charge in [0.15, 0.2) is 15.0 Å². The van der Waals surface area contributed by atoms with E-state index in [1.165, 1.54) is 11.8 Å². The molecule has 4 rings (SSSR count). The molecule has 0 spiro atoms. The quantitative estimate of drug-likeness (QED) is 0.564. The molecule has 3 atom stereocenters. The molecule has 0 aromatic heterocycles. The van der Waals surface area contributed by atoms with Gasteiger partial charge < -0.3 is 15.0 Å². The van der Waals surface area contributed by atoms with Gasteiger partial charge in [-0.25, -0.2) is 13.2 Å². The van der Waals surface area contributed by atoms with E-state index in [9.17, 15) is 18.0 Å². The molecule has 0 unspecified atom stereocenters. The van der Waals surface area contributed by atoms with Crippen LogP contribution in [0.15, 0.2) is 59.6 Å². The van der Waals surface area contributed by atoms with Crippen LogP contribution in [0.3, 0.4) is 0 Å².